The van der Waals surface area contributed by atoms with Crippen LogP contribution in [0.5, 0.6) is 0 Å². The van der Waals surface area contributed by atoms with Crippen LogP contribution in [-0.2, 0) is 9.59 Å². The van der Waals surface area contributed by atoms with Crippen LogP contribution in [0.15, 0.2) is 78.9 Å². The van der Waals surface area contributed by atoms with Crippen LogP contribution in [0.2, 0.25) is 0 Å². The van der Waals surface area contributed by atoms with Crippen molar-refractivity contribution in [3.63, 3.8) is 0 Å². The van der Waals surface area contributed by atoms with Crippen LogP contribution >= 0.6 is 0 Å². The predicted octanol–water partition coefficient (Wildman–Crippen LogP) is 2.59. The van der Waals surface area contributed by atoms with Gasteiger partial charge in [0.2, 0.25) is 11.8 Å². The molecule has 39 heavy (non-hydrogen) atoms. The van der Waals surface area contributed by atoms with E-state index in [9.17, 15) is 24.0 Å². The lowest BCUT2D eigenvalue weighted by Gasteiger charge is -2.29. The predicted molar refractivity (Wildman–Crippen MR) is 140 cm³/mol. The Morgan fingerprint density at radius 3 is 2.08 bits per heavy atom. The molecule has 2 saturated heterocycles. The molecule has 9 nitrogen and oxygen atoms in total. The molecule has 2 fully saturated rings. The van der Waals surface area contributed by atoms with Gasteiger partial charge < -0.3 is 4.90 Å². The number of piperidine rings is 1. The number of fused-ring (bicyclic) bond motifs is 1. The first-order valence-corrected chi connectivity index (χ1v) is 12.9. The smallest absolute Gasteiger partial charge is 0.262 e. The van der Waals surface area contributed by atoms with E-state index in [2.05, 4.69) is 34.5 Å². The van der Waals surface area contributed by atoms with Gasteiger partial charge in [-0.25, -0.2) is 0 Å². The maximum Gasteiger partial charge on any atom is 0.262 e. The largest absolute Gasteiger partial charge is 0.324 e. The molecule has 5 amide bonds. The SMILES string of the molecule is O=C1CCC(N2C(=O)c3ccc(C(=O)N4CCN(C(c5ccccc5)c5ccccc5)C4)cc3C2=O)C(=O)N1. The summed E-state index contributed by atoms with van der Waals surface area (Å²) in [4.78, 5) is 68.5. The highest BCUT2D eigenvalue weighted by molar-refractivity contribution is 6.24. The number of carbonyl (C=O) groups excluding carboxylic acids is 5. The Labute approximate surface area is 225 Å². The molecule has 3 heterocycles. The molecular weight excluding hydrogens is 496 g/mol. The molecule has 0 aliphatic carbocycles. The van der Waals surface area contributed by atoms with Crippen LogP contribution in [0.1, 0.15) is 61.1 Å². The van der Waals surface area contributed by atoms with Crippen molar-refractivity contribution in [2.45, 2.75) is 24.9 Å². The molecule has 9 heteroatoms. The van der Waals surface area contributed by atoms with Crippen molar-refractivity contribution in [2.75, 3.05) is 19.8 Å². The van der Waals surface area contributed by atoms with E-state index < -0.39 is 29.7 Å². The van der Waals surface area contributed by atoms with Gasteiger partial charge in [-0.05, 0) is 35.7 Å². The van der Waals surface area contributed by atoms with E-state index in [-0.39, 0.29) is 35.9 Å². The first kappa shape index (κ1) is 24.7. The van der Waals surface area contributed by atoms with Crippen molar-refractivity contribution in [3.05, 3.63) is 107 Å². The molecule has 3 aliphatic heterocycles. The summed E-state index contributed by atoms with van der Waals surface area (Å²) < 4.78 is 0. The Morgan fingerprint density at radius 1 is 0.795 bits per heavy atom. The van der Waals surface area contributed by atoms with E-state index in [0.717, 1.165) is 16.0 Å². The standard InChI is InChI=1S/C30H26N4O5/c35-25-14-13-24(27(36)31-25)34-29(38)22-12-11-21(17-23(22)30(34)39)28(37)33-16-15-32(18-33)26(19-7-3-1-4-8-19)20-9-5-2-6-10-20/h1-12,17,24,26H,13-16,18H2,(H,31,35,36). The monoisotopic (exact) mass is 522 g/mol. The minimum Gasteiger partial charge on any atom is -0.324 e. The molecule has 1 atom stereocenters. The summed E-state index contributed by atoms with van der Waals surface area (Å²) in [6.07, 6.45) is 0.126. The van der Waals surface area contributed by atoms with Crippen molar-refractivity contribution in [3.8, 4) is 0 Å². The highest BCUT2D eigenvalue weighted by atomic mass is 16.2. The highest BCUT2D eigenvalue weighted by Gasteiger charge is 2.45. The van der Waals surface area contributed by atoms with Gasteiger partial charge in [-0.2, -0.15) is 0 Å². The van der Waals surface area contributed by atoms with Gasteiger partial charge in [0.1, 0.15) is 6.04 Å². The highest BCUT2D eigenvalue weighted by Crippen LogP contribution is 2.32. The second-order valence-corrected chi connectivity index (χ2v) is 9.95. The van der Waals surface area contributed by atoms with Gasteiger partial charge in [-0.1, -0.05) is 60.7 Å². The molecule has 1 unspecified atom stereocenters. The summed E-state index contributed by atoms with van der Waals surface area (Å²) in [5.41, 5.74) is 2.81. The van der Waals surface area contributed by atoms with Crippen molar-refractivity contribution < 1.29 is 24.0 Å². The minimum atomic E-state index is -1.05. The zero-order valence-corrected chi connectivity index (χ0v) is 21.1. The van der Waals surface area contributed by atoms with Gasteiger partial charge >= 0.3 is 0 Å². The number of benzene rings is 3. The summed E-state index contributed by atoms with van der Waals surface area (Å²) in [6, 6.07) is 23.7. The fourth-order valence-electron chi connectivity index (χ4n) is 5.66. The number of nitrogens with zero attached hydrogens (tertiary/aromatic N) is 3. The Bertz CT molecular complexity index is 1450. The van der Waals surface area contributed by atoms with E-state index in [0.29, 0.717) is 25.3 Å². The first-order chi connectivity index (χ1) is 18.9. The lowest BCUT2D eigenvalue weighted by molar-refractivity contribution is -0.136. The van der Waals surface area contributed by atoms with Crippen LogP contribution < -0.4 is 5.32 Å². The number of rotatable bonds is 5. The Kier molecular flexibility index (Phi) is 6.28. The van der Waals surface area contributed by atoms with E-state index in [1.165, 1.54) is 12.1 Å². The van der Waals surface area contributed by atoms with E-state index in [4.69, 9.17) is 0 Å². The number of imide groups is 2. The summed E-state index contributed by atoms with van der Waals surface area (Å²) in [5.74, 6) is -2.55. The third-order valence-electron chi connectivity index (χ3n) is 7.58. The molecule has 0 saturated carbocycles. The minimum absolute atomic E-state index is 0.0218. The third kappa shape index (κ3) is 4.40. The lowest BCUT2D eigenvalue weighted by Crippen LogP contribution is -2.54. The number of hydrogen-bond donors (Lipinski definition) is 1. The van der Waals surface area contributed by atoms with Crippen LogP contribution in [0.4, 0.5) is 0 Å². The fraction of sp³-hybridized carbons (Fsp3) is 0.233. The molecule has 6 rings (SSSR count). The van der Waals surface area contributed by atoms with Crippen molar-refractivity contribution >= 4 is 29.5 Å². The van der Waals surface area contributed by atoms with E-state index in [1.54, 1.807) is 11.0 Å². The fourth-order valence-corrected chi connectivity index (χ4v) is 5.66. The molecule has 1 N–H and O–H groups in total. The number of hydrogen-bond acceptors (Lipinski definition) is 6. The molecule has 3 aromatic carbocycles. The zero-order chi connectivity index (χ0) is 27.1. The van der Waals surface area contributed by atoms with Gasteiger partial charge in [0, 0.05) is 25.1 Å². The van der Waals surface area contributed by atoms with Gasteiger partial charge in [-0.3, -0.25) is 39.1 Å². The number of amides is 5. The lowest BCUT2D eigenvalue weighted by atomic mass is 9.97. The van der Waals surface area contributed by atoms with Crippen molar-refractivity contribution in [1.29, 1.82) is 0 Å². The van der Waals surface area contributed by atoms with Gasteiger partial charge in [-0.15, -0.1) is 0 Å². The average molecular weight is 523 g/mol. The van der Waals surface area contributed by atoms with Crippen LogP contribution in [0, 0.1) is 0 Å². The Morgan fingerprint density at radius 2 is 1.44 bits per heavy atom. The van der Waals surface area contributed by atoms with Gasteiger partial charge in [0.05, 0.1) is 23.8 Å². The number of carbonyl (C=O) groups is 5. The zero-order valence-electron chi connectivity index (χ0n) is 21.1. The summed E-state index contributed by atoms with van der Waals surface area (Å²) in [6.45, 7) is 1.59. The summed E-state index contributed by atoms with van der Waals surface area (Å²) in [5, 5.41) is 2.19. The van der Waals surface area contributed by atoms with E-state index in [1.807, 2.05) is 36.4 Å². The van der Waals surface area contributed by atoms with Crippen molar-refractivity contribution in [1.82, 2.24) is 20.0 Å². The van der Waals surface area contributed by atoms with Crippen LogP contribution in [0.3, 0.4) is 0 Å². The van der Waals surface area contributed by atoms with Gasteiger partial charge in [0.25, 0.3) is 17.7 Å². The van der Waals surface area contributed by atoms with Crippen molar-refractivity contribution in [2.24, 2.45) is 0 Å². The first-order valence-electron chi connectivity index (χ1n) is 12.9. The van der Waals surface area contributed by atoms with Crippen LogP contribution in [-0.4, -0.2) is 70.0 Å². The maximum atomic E-state index is 13.5. The van der Waals surface area contributed by atoms with Gasteiger partial charge in [0.15, 0.2) is 0 Å². The summed E-state index contributed by atoms with van der Waals surface area (Å²) in [7, 11) is 0. The second kappa shape index (κ2) is 9.92. The molecule has 196 valence electrons. The summed E-state index contributed by atoms with van der Waals surface area (Å²) >= 11 is 0. The molecule has 0 spiro atoms. The topological polar surface area (TPSA) is 107 Å². The van der Waals surface area contributed by atoms with E-state index >= 15 is 0 Å². The number of nitrogens with one attached hydrogen (secondary N) is 1. The Hall–Kier alpha value is -4.63. The molecular formula is C30H26N4O5. The van der Waals surface area contributed by atoms with Crippen LogP contribution in [0.25, 0.3) is 0 Å². The Balaban J connectivity index is 1.22. The second-order valence-electron chi connectivity index (χ2n) is 9.95. The quantitative estimate of drug-likeness (QED) is 0.517. The molecule has 0 aromatic heterocycles. The average Bonchev–Trinajstić information content (AvgIpc) is 3.53. The third-order valence-corrected chi connectivity index (χ3v) is 7.58. The molecule has 0 radical (unpaired) electrons. The molecule has 0 bridgehead atoms. The molecule has 3 aliphatic rings. The molecule has 3 aromatic rings. The normalized spacial score (nSPS) is 19.6. The maximum absolute atomic E-state index is 13.5.